The summed E-state index contributed by atoms with van der Waals surface area (Å²) in [7, 11) is 0. The molecule has 0 unspecified atom stereocenters. The zero-order valence-corrected chi connectivity index (χ0v) is 22.3. The van der Waals surface area contributed by atoms with Crippen molar-refractivity contribution in [3.05, 3.63) is 78.5 Å². The summed E-state index contributed by atoms with van der Waals surface area (Å²) in [6, 6.07) is 22.3. The van der Waals surface area contributed by atoms with Crippen LogP contribution in [0.3, 0.4) is 0 Å². The smallest absolute Gasteiger partial charge is 0.410 e. The van der Waals surface area contributed by atoms with E-state index in [0.717, 1.165) is 54.3 Å². The van der Waals surface area contributed by atoms with Gasteiger partial charge in [0.15, 0.2) is 5.65 Å². The van der Waals surface area contributed by atoms with Gasteiger partial charge in [-0.25, -0.2) is 14.3 Å². The van der Waals surface area contributed by atoms with Gasteiger partial charge in [0, 0.05) is 31.1 Å². The van der Waals surface area contributed by atoms with E-state index < -0.39 is 5.60 Å². The summed E-state index contributed by atoms with van der Waals surface area (Å²) in [5, 5.41) is 8.14. The Kier molecular flexibility index (Phi) is 7.49. The van der Waals surface area contributed by atoms with Gasteiger partial charge in [0.05, 0.1) is 18.5 Å². The lowest BCUT2D eigenvalue weighted by molar-refractivity contribution is 0.0211. The van der Waals surface area contributed by atoms with E-state index in [0.29, 0.717) is 13.2 Å². The highest BCUT2D eigenvalue weighted by Gasteiger charge is 2.31. The molecule has 5 rings (SSSR count). The number of imidazole rings is 1. The van der Waals surface area contributed by atoms with E-state index in [-0.39, 0.29) is 12.1 Å². The number of ether oxygens (including phenoxy) is 2. The maximum atomic E-state index is 12.5. The van der Waals surface area contributed by atoms with Crippen molar-refractivity contribution in [2.45, 2.75) is 58.2 Å². The summed E-state index contributed by atoms with van der Waals surface area (Å²) in [4.78, 5) is 18.9. The molecule has 3 heterocycles. The minimum Gasteiger partial charge on any atom is -0.494 e. The highest BCUT2D eigenvalue weighted by molar-refractivity contribution is 5.69. The fourth-order valence-electron chi connectivity index (χ4n) is 4.68. The fraction of sp³-hybridized carbons (Fsp3) is 0.367. The molecule has 4 aromatic rings. The SMILES string of the molecule is CC(C)(C)OC(=O)N1CCC[C@H]1CCOc1ccc(-c2cnc3ccc(NCc4ccccc4)nn23)cc1. The monoisotopic (exact) mass is 513 g/mol. The lowest BCUT2D eigenvalue weighted by Crippen LogP contribution is -2.40. The van der Waals surface area contributed by atoms with E-state index >= 15 is 0 Å². The number of benzene rings is 2. The van der Waals surface area contributed by atoms with Gasteiger partial charge in [0.1, 0.15) is 17.2 Å². The molecule has 1 fully saturated rings. The maximum absolute atomic E-state index is 12.5. The van der Waals surface area contributed by atoms with Crippen molar-refractivity contribution in [1.82, 2.24) is 19.5 Å². The molecule has 2 aromatic carbocycles. The van der Waals surface area contributed by atoms with Crippen LogP contribution in [0.25, 0.3) is 16.9 Å². The predicted molar refractivity (Wildman–Crippen MR) is 148 cm³/mol. The predicted octanol–water partition coefficient (Wildman–Crippen LogP) is 6.18. The van der Waals surface area contributed by atoms with Crippen LogP contribution in [-0.4, -0.2) is 50.4 Å². The summed E-state index contributed by atoms with van der Waals surface area (Å²) in [6.07, 6.45) is 4.35. The third-order valence-electron chi connectivity index (χ3n) is 6.55. The summed E-state index contributed by atoms with van der Waals surface area (Å²) in [6.45, 7) is 7.67. The molecule has 1 N–H and O–H groups in total. The first-order chi connectivity index (χ1) is 18.4. The van der Waals surface area contributed by atoms with Crippen LogP contribution >= 0.6 is 0 Å². The van der Waals surface area contributed by atoms with Gasteiger partial charge in [-0.05, 0) is 75.6 Å². The summed E-state index contributed by atoms with van der Waals surface area (Å²) in [5.74, 6) is 1.58. The van der Waals surface area contributed by atoms with Gasteiger partial charge in [-0.3, -0.25) is 0 Å². The van der Waals surface area contributed by atoms with Gasteiger partial charge in [-0.2, -0.15) is 0 Å². The molecule has 0 aliphatic carbocycles. The zero-order chi connectivity index (χ0) is 26.5. The van der Waals surface area contributed by atoms with Gasteiger partial charge in [0.2, 0.25) is 0 Å². The standard InChI is InChI=1S/C30H35N5O3/c1-30(2,3)38-29(36)34-18-7-10-24(34)17-19-37-25-13-11-23(12-14-25)26-21-32-28-16-15-27(33-35(26)28)31-20-22-8-5-4-6-9-22/h4-6,8-9,11-16,21,24H,7,10,17-20H2,1-3H3,(H,31,33)/t24-/m0/s1. The second-order valence-electron chi connectivity index (χ2n) is 10.6. The molecule has 8 nitrogen and oxygen atoms in total. The van der Waals surface area contributed by atoms with E-state index in [4.69, 9.17) is 14.6 Å². The van der Waals surface area contributed by atoms with E-state index in [1.807, 2.05) is 91.0 Å². The quantitative estimate of drug-likeness (QED) is 0.303. The second-order valence-corrected chi connectivity index (χ2v) is 10.6. The number of amides is 1. The Labute approximate surface area is 223 Å². The number of nitrogens with zero attached hydrogens (tertiary/aromatic N) is 4. The van der Waals surface area contributed by atoms with Crippen LogP contribution in [0.15, 0.2) is 72.9 Å². The average Bonchev–Trinajstić information content (AvgIpc) is 3.55. The van der Waals surface area contributed by atoms with Gasteiger partial charge in [-0.15, -0.1) is 5.10 Å². The molecule has 2 aromatic heterocycles. The van der Waals surface area contributed by atoms with E-state index in [9.17, 15) is 4.79 Å². The van der Waals surface area contributed by atoms with Crippen LogP contribution < -0.4 is 10.1 Å². The molecule has 8 heteroatoms. The van der Waals surface area contributed by atoms with Crippen LogP contribution in [-0.2, 0) is 11.3 Å². The molecule has 0 radical (unpaired) electrons. The number of carbonyl (C=O) groups excluding carboxylic acids is 1. The van der Waals surface area contributed by atoms with Crippen LogP contribution in [0.1, 0.15) is 45.6 Å². The van der Waals surface area contributed by atoms with Crippen LogP contribution in [0, 0.1) is 0 Å². The van der Waals surface area contributed by atoms with Crippen molar-refractivity contribution in [3.63, 3.8) is 0 Å². The Morgan fingerprint density at radius 3 is 2.61 bits per heavy atom. The molecule has 38 heavy (non-hydrogen) atoms. The molecule has 1 saturated heterocycles. The fourth-order valence-corrected chi connectivity index (χ4v) is 4.68. The Bertz CT molecular complexity index is 1360. The number of nitrogens with one attached hydrogen (secondary N) is 1. The lowest BCUT2D eigenvalue weighted by atomic mass is 10.1. The van der Waals surface area contributed by atoms with E-state index in [1.165, 1.54) is 5.56 Å². The third-order valence-corrected chi connectivity index (χ3v) is 6.55. The number of hydrogen-bond acceptors (Lipinski definition) is 6. The summed E-state index contributed by atoms with van der Waals surface area (Å²) >= 11 is 0. The topological polar surface area (TPSA) is 81.0 Å². The highest BCUT2D eigenvalue weighted by Crippen LogP contribution is 2.26. The molecular formula is C30H35N5O3. The summed E-state index contributed by atoms with van der Waals surface area (Å²) in [5.41, 5.74) is 3.41. The molecule has 198 valence electrons. The van der Waals surface area contributed by atoms with E-state index in [2.05, 4.69) is 22.4 Å². The number of aromatic nitrogens is 3. The largest absolute Gasteiger partial charge is 0.494 e. The Hall–Kier alpha value is -4.07. The zero-order valence-electron chi connectivity index (χ0n) is 22.3. The van der Waals surface area contributed by atoms with Gasteiger partial charge >= 0.3 is 6.09 Å². The maximum Gasteiger partial charge on any atom is 0.410 e. The molecule has 1 aliphatic rings. The number of anilines is 1. The van der Waals surface area contributed by atoms with Crippen LogP contribution in [0.2, 0.25) is 0 Å². The normalized spacial score (nSPS) is 15.6. The minimum atomic E-state index is -0.487. The molecule has 0 spiro atoms. The number of fused-ring (bicyclic) bond motifs is 1. The molecule has 1 atom stereocenters. The first-order valence-electron chi connectivity index (χ1n) is 13.2. The van der Waals surface area contributed by atoms with Gasteiger partial charge in [0.25, 0.3) is 0 Å². The summed E-state index contributed by atoms with van der Waals surface area (Å²) < 4.78 is 13.4. The molecule has 0 saturated carbocycles. The van der Waals surface area contributed by atoms with Gasteiger partial charge in [-0.1, -0.05) is 30.3 Å². The van der Waals surface area contributed by atoms with Crippen LogP contribution in [0.4, 0.5) is 10.6 Å². The Balaban J connectivity index is 1.18. The number of rotatable bonds is 8. The molecule has 1 amide bonds. The van der Waals surface area contributed by atoms with Crippen LogP contribution in [0.5, 0.6) is 5.75 Å². The average molecular weight is 514 g/mol. The van der Waals surface area contributed by atoms with Crippen molar-refractivity contribution in [2.24, 2.45) is 0 Å². The molecule has 0 bridgehead atoms. The van der Waals surface area contributed by atoms with Gasteiger partial charge < -0.3 is 19.7 Å². The number of likely N-dealkylation sites (tertiary alicyclic amines) is 1. The first kappa shape index (κ1) is 25.6. The Morgan fingerprint density at radius 1 is 1.05 bits per heavy atom. The van der Waals surface area contributed by atoms with Crippen molar-refractivity contribution in [3.8, 4) is 17.0 Å². The van der Waals surface area contributed by atoms with Crippen molar-refractivity contribution >= 4 is 17.6 Å². The Morgan fingerprint density at radius 2 is 1.84 bits per heavy atom. The third kappa shape index (κ3) is 6.25. The molecular weight excluding hydrogens is 478 g/mol. The number of hydrogen-bond donors (Lipinski definition) is 1. The van der Waals surface area contributed by atoms with E-state index in [1.54, 1.807) is 0 Å². The van der Waals surface area contributed by atoms with Crippen molar-refractivity contribution < 1.29 is 14.3 Å². The molecule has 1 aliphatic heterocycles. The van der Waals surface area contributed by atoms with Crippen molar-refractivity contribution in [1.29, 1.82) is 0 Å². The first-order valence-corrected chi connectivity index (χ1v) is 13.2. The highest BCUT2D eigenvalue weighted by atomic mass is 16.6. The number of carbonyl (C=O) groups is 1. The lowest BCUT2D eigenvalue weighted by Gasteiger charge is -2.28. The minimum absolute atomic E-state index is 0.151. The van der Waals surface area contributed by atoms with Crippen molar-refractivity contribution in [2.75, 3.05) is 18.5 Å². The second kappa shape index (κ2) is 11.1.